The predicted molar refractivity (Wildman–Crippen MR) is 71.8 cm³/mol. The SMILES string of the molecule is N[C@@H](CO)C(=O)OC(=O)CC[C@H](N)C(=O)OC(=O)[C@@H](N)CO.[H-].[H-].[Na+].[Na+]. The number of aliphatic hydroxyl groups is 2. The normalized spacial score (nSPS) is 13.4. The molecule has 0 saturated carbocycles. The van der Waals surface area contributed by atoms with E-state index in [4.69, 9.17) is 27.4 Å². The molecule has 8 N–H and O–H groups in total. The van der Waals surface area contributed by atoms with E-state index in [1.165, 1.54) is 0 Å². The molecule has 0 aliphatic heterocycles. The van der Waals surface area contributed by atoms with E-state index in [9.17, 15) is 19.2 Å². The molecular formula is C11H21N3Na2O8. The van der Waals surface area contributed by atoms with Gasteiger partial charge in [-0.05, 0) is 6.42 Å². The average Bonchev–Trinajstić information content (AvgIpc) is 2.50. The molecule has 0 bridgehead atoms. The minimum Gasteiger partial charge on any atom is -1.00 e. The molecule has 0 rings (SSSR count). The van der Waals surface area contributed by atoms with E-state index < -0.39 is 61.6 Å². The van der Waals surface area contributed by atoms with Crippen LogP contribution in [-0.4, -0.2) is 65.4 Å². The summed E-state index contributed by atoms with van der Waals surface area (Å²) in [4.78, 5) is 44.9. The van der Waals surface area contributed by atoms with Crippen LogP contribution in [0.3, 0.4) is 0 Å². The van der Waals surface area contributed by atoms with Crippen molar-refractivity contribution in [1.82, 2.24) is 0 Å². The summed E-state index contributed by atoms with van der Waals surface area (Å²) in [6.07, 6.45) is -0.679. The zero-order valence-electron chi connectivity index (χ0n) is 15.6. The Morgan fingerprint density at radius 1 is 0.792 bits per heavy atom. The van der Waals surface area contributed by atoms with Gasteiger partial charge in [-0.15, -0.1) is 0 Å². The van der Waals surface area contributed by atoms with Gasteiger partial charge in [0.15, 0.2) is 0 Å². The third kappa shape index (κ3) is 11.6. The van der Waals surface area contributed by atoms with E-state index in [0.29, 0.717) is 0 Å². The molecule has 0 saturated heterocycles. The van der Waals surface area contributed by atoms with Gasteiger partial charge in [-0.1, -0.05) is 0 Å². The second kappa shape index (κ2) is 15.3. The molecule has 3 atom stereocenters. The number of carbonyl (C=O) groups excluding carboxylic acids is 4. The molecule has 0 aliphatic carbocycles. The summed E-state index contributed by atoms with van der Waals surface area (Å²) in [5.74, 6) is -4.42. The van der Waals surface area contributed by atoms with Crippen molar-refractivity contribution in [1.29, 1.82) is 0 Å². The minimum atomic E-state index is -1.38. The molecular weight excluding hydrogens is 348 g/mol. The Kier molecular flexibility index (Phi) is 18.5. The number of aliphatic hydroxyl groups excluding tert-OH is 2. The number of rotatable bonds is 8. The van der Waals surface area contributed by atoms with Gasteiger partial charge in [0, 0.05) is 6.42 Å². The number of hydrogen-bond donors (Lipinski definition) is 5. The van der Waals surface area contributed by atoms with Crippen LogP contribution in [0, 0.1) is 0 Å². The van der Waals surface area contributed by atoms with Crippen LogP contribution in [0.1, 0.15) is 15.7 Å². The second-order valence-electron chi connectivity index (χ2n) is 4.26. The number of nitrogens with two attached hydrogens (primary N) is 3. The van der Waals surface area contributed by atoms with Crippen LogP contribution >= 0.6 is 0 Å². The van der Waals surface area contributed by atoms with Gasteiger partial charge in [0.05, 0.1) is 13.2 Å². The smallest absolute Gasteiger partial charge is 1.00 e. The fourth-order valence-electron chi connectivity index (χ4n) is 1.03. The van der Waals surface area contributed by atoms with E-state index >= 15 is 0 Å². The van der Waals surface area contributed by atoms with Crippen molar-refractivity contribution < 1.29 is 101 Å². The molecule has 0 fully saturated rings. The molecule has 0 radical (unpaired) electrons. The first-order valence-corrected chi connectivity index (χ1v) is 6.21. The van der Waals surface area contributed by atoms with Crippen LogP contribution in [0.15, 0.2) is 0 Å². The van der Waals surface area contributed by atoms with Crippen molar-refractivity contribution in [2.45, 2.75) is 31.0 Å². The Labute approximate surface area is 185 Å². The van der Waals surface area contributed by atoms with Gasteiger partial charge in [0.25, 0.3) is 0 Å². The summed E-state index contributed by atoms with van der Waals surface area (Å²) in [7, 11) is 0. The molecule has 13 heteroatoms. The largest absolute Gasteiger partial charge is 1.00 e. The summed E-state index contributed by atoms with van der Waals surface area (Å²) in [6.45, 7) is -1.40. The molecule has 11 nitrogen and oxygen atoms in total. The van der Waals surface area contributed by atoms with Crippen molar-refractivity contribution in [2.75, 3.05) is 13.2 Å². The Hall–Kier alpha value is 0.0800. The van der Waals surface area contributed by atoms with Crippen molar-refractivity contribution in [3.8, 4) is 0 Å². The van der Waals surface area contributed by atoms with E-state index in [1.807, 2.05) is 0 Å². The van der Waals surface area contributed by atoms with E-state index in [-0.39, 0.29) is 68.4 Å². The summed E-state index contributed by atoms with van der Waals surface area (Å²) in [5, 5.41) is 17.2. The first-order chi connectivity index (χ1) is 10.2. The van der Waals surface area contributed by atoms with Crippen LogP contribution in [-0.2, 0) is 28.7 Å². The predicted octanol–water partition coefficient (Wildman–Crippen LogP) is -9.89. The summed E-state index contributed by atoms with van der Waals surface area (Å²) >= 11 is 0. The van der Waals surface area contributed by atoms with Crippen LogP contribution in [0.2, 0.25) is 0 Å². The van der Waals surface area contributed by atoms with E-state index in [1.54, 1.807) is 0 Å². The van der Waals surface area contributed by atoms with Gasteiger partial charge in [0.1, 0.15) is 18.1 Å². The van der Waals surface area contributed by atoms with E-state index in [0.717, 1.165) is 0 Å². The molecule has 0 aliphatic rings. The van der Waals surface area contributed by atoms with Gasteiger partial charge in [0.2, 0.25) is 0 Å². The molecule has 0 unspecified atom stereocenters. The van der Waals surface area contributed by atoms with Crippen molar-refractivity contribution in [2.24, 2.45) is 17.2 Å². The number of ether oxygens (including phenoxy) is 2. The van der Waals surface area contributed by atoms with Crippen LogP contribution in [0.4, 0.5) is 0 Å². The molecule has 24 heavy (non-hydrogen) atoms. The number of hydrogen-bond acceptors (Lipinski definition) is 11. The van der Waals surface area contributed by atoms with E-state index in [2.05, 4.69) is 9.47 Å². The zero-order chi connectivity index (χ0) is 17.3. The fourth-order valence-corrected chi connectivity index (χ4v) is 1.03. The maximum Gasteiger partial charge on any atom is 1.00 e. The first-order valence-electron chi connectivity index (χ1n) is 6.21. The Morgan fingerprint density at radius 2 is 1.17 bits per heavy atom. The topological polar surface area (TPSA) is 205 Å². The van der Waals surface area contributed by atoms with Crippen LogP contribution in [0.5, 0.6) is 0 Å². The molecule has 0 amide bonds. The molecule has 130 valence electrons. The van der Waals surface area contributed by atoms with Crippen LogP contribution < -0.4 is 76.3 Å². The first kappa shape index (κ1) is 28.9. The van der Waals surface area contributed by atoms with Crippen molar-refractivity contribution in [3.05, 3.63) is 0 Å². The quantitative estimate of drug-likeness (QED) is 0.154. The summed E-state index contributed by atoms with van der Waals surface area (Å²) < 4.78 is 8.55. The molecule has 0 aromatic heterocycles. The minimum absolute atomic E-state index is 0. The van der Waals surface area contributed by atoms with Crippen molar-refractivity contribution in [3.63, 3.8) is 0 Å². The Morgan fingerprint density at radius 3 is 1.58 bits per heavy atom. The average molecular weight is 369 g/mol. The zero-order valence-corrected chi connectivity index (χ0v) is 17.6. The van der Waals surface area contributed by atoms with Gasteiger partial charge in [-0.2, -0.15) is 0 Å². The monoisotopic (exact) mass is 369 g/mol. The molecule has 0 spiro atoms. The third-order valence-corrected chi connectivity index (χ3v) is 2.38. The molecule has 0 heterocycles. The summed E-state index contributed by atoms with van der Waals surface area (Å²) in [5.41, 5.74) is 15.6. The summed E-state index contributed by atoms with van der Waals surface area (Å²) in [6, 6.07) is -4.05. The standard InChI is InChI=1S/C11H19N3O8.2Na.2H/c12-5(9(18)22-11(20)7(14)4-16)1-2-8(17)21-10(19)6(13)3-15;;;;/h5-7,15-16H,1-4,12-14H2;;;;/q;2*+1;2*-1/t5-,6-,7-;;;;/m0..../s1. The Bertz CT molecular complexity index is 448. The third-order valence-electron chi connectivity index (χ3n) is 2.38. The number of carbonyl (C=O) groups is 4. The van der Waals surface area contributed by atoms with Gasteiger partial charge < -0.3 is 39.7 Å². The van der Waals surface area contributed by atoms with Crippen LogP contribution in [0.25, 0.3) is 0 Å². The molecule has 0 aromatic rings. The maximum absolute atomic E-state index is 11.4. The van der Waals surface area contributed by atoms with Gasteiger partial charge in [-0.3, -0.25) is 4.79 Å². The van der Waals surface area contributed by atoms with Gasteiger partial charge >= 0.3 is 83.0 Å². The Balaban J connectivity index is -0.000000367. The second-order valence-corrected chi connectivity index (χ2v) is 4.26. The van der Waals surface area contributed by atoms with Crippen molar-refractivity contribution >= 4 is 23.9 Å². The molecule has 0 aromatic carbocycles. The maximum atomic E-state index is 11.4. The van der Waals surface area contributed by atoms with Gasteiger partial charge in [-0.25, -0.2) is 14.4 Å². The number of esters is 4. The fraction of sp³-hybridized carbons (Fsp3) is 0.636.